The number of hydrogen-bond donors (Lipinski definition) is 2. The van der Waals surface area contributed by atoms with E-state index >= 15 is 0 Å². The van der Waals surface area contributed by atoms with Gasteiger partial charge in [0.05, 0.1) is 0 Å². The molecule has 78 valence electrons. The van der Waals surface area contributed by atoms with Crippen LogP contribution in [0, 0.1) is 11.6 Å². The predicted molar refractivity (Wildman–Crippen MR) is 51.2 cm³/mol. The van der Waals surface area contributed by atoms with E-state index in [1.165, 1.54) is 6.07 Å². The zero-order valence-corrected chi connectivity index (χ0v) is 7.74. The third-order valence-corrected chi connectivity index (χ3v) is 2.18. The Balaban J connectivity index is 2.34. The Kier molecular flexibility index (Phi) is 2.51. The van der Waals surface area contributed by atoms with Crippen molar-refractivity contribution in [1.29, 1.82) is 0 Å². The second kappa shape index (κ2) is 3.82. The lowest BCUT2D eigenvalue weighted by Crippen LogP contribution is -2.01. The van der Waals surface area contributed by atoms with E-state index in [0.29, 0.717) is 11.3 Å². The van der Waals surface area contributed by atoms with Crippen LogP contribution in [0.2, 0.25) is 0 Å². The van der Waals surface area contributed by atoms with Gasteiger partial charge in [-0.05, 0) is 29.8 Å². The Morgan fingerprint density at radius 1 is 1.13 bits per heavy atom. The molecule has 0 aliphatic rings. The van der Waals surface area contributed by atoms with E-state index in [2.05, 4.69) is 4.98 Å². The smallest absolute Gasteiger partial charge is 0.159 e. The Morgan fingerprint density at radius 2 is 1.93 bits per heavy atom. The molecule has 0 radical (unpaired) electrons. The van der Waals surface area contributed by atoms with Crippen LogP contribution in [-0.4, -0.2) is 10.1 Å². The average molecular weight is 209 g/mol. The van der Waals surface area contributed by atoms with Crippen molar-refractivity contribution in [3.63, 3.8) is 0 Å². The van der Waals surface area contributed by atoms with Crippen molar-refractivity contribution in [3.05, 3.63) is 59.4 Å². The van der Waals surface area contributed by atoms with Crippen LogP contribution in [0.1, 0.15) is 17.4 Å². The lowest BCUT2D eigenvalue weighted by Gasteiger charge is -2.09. The fourth-order valence-electron chi connectivity index (χ4n) is 1.38. The van der Waals surface area contributed by atoms with Gasteiger partial charge in [-0.1, -0.05) is 6.07 Å². The van der Waals surface area contributed by atoms with E-state index in [4.69, 9.17) is 0 Å². The standard InChI is InChI=1S/C11H9F2NO/c12-8-4-3-7(6-9(8)13)11(15)10-2-1-5-14-10/h1-6,11,14-15H. The molecular weight excluding hydrogens is 200 g/mol. The summed E-state index contributed by atoms with van der Waals surface area (Å²) >= 11 is 0. The second-order valence-corrected chi connectivity index (χ2v) is 3.20. The van der Waals surface area contributed by atoms with Crippen LogP contribution < -0.4 is 0 Å². The highest BCUT2D eigenvalue weighted by molar-refractivity contribution is 5.26. The summed E-state index contributed by atoms with van der Waals surface area (Å²) < 4.78 is 25.5. The molecular formula is C11H9F2NO. The number of halogens is 2. The molecule has 1 heterocycles. The molecule has 0 bridgehead atoms. The SMILES string of the molecule is OC(c1ccc(F)c(F)c1)c1ccc[nH]1. The minimum absolute atomic E-state index is 0.316. The fourth-order valence-corrected chi connectivity index (χ4v) is 1.38. The Labute approximate surface area is 85.2 Å². The number of H-pyrrole nitrogens is 1. The maximum atomic E-state index is 12.9. The van der Waals surface area contributed by atoms with Gasteiger partial charge in [0.25, 0.3) is 0 Å². The molecule has 2 aromatic rings. The fraction of sp³-hybridized carbons (Fsp3) is 0.0909. The molecule has 2 N–H and O–H groups in total. The molecule has 0 aliphatic heterocycles. The molecule has 2 rings (SSSR count). The highest BCUT2D eigenvalue weighted by Gasteiger charge is 2.13. The van der Waals surface area contributed by atoms with Crippen molar-refractivity contribution < 1.29 is 13.9 Å². The number of aliphatic hydroxyl groups is 1. The summed E-state index contributed by atoms with van der Waals surface area (Å²) in [4.78, 5) is 2.80. The number of rotatable bonds is 2. The summed E-state index contributed by atoms with van der Waals surface area (Å²) in [6.45, 7) is 0. The maximum absolute atomic E-state index is 12.9. The van der Waals surface area contributed by atoms with Crippen LogP contribution in [0.4, 0.5) is 8.78 Å². The second-order valence-electron chi connectivity index (χ2n) is 3.20. The van der Waals surface area contributed by atoms with E-state index in [9.17, 15) is 13.9 Å². The highest BCUT2D eigenvalue weighted by Crippen LogP contribution is 2.21. The molecule has 0 aliphatic carbocycles. The number of benzene rings is 1. The quantitative estimate of drug-likeness (QED) is 0.782. The van der Waals surface area contributed by atoms with E-state index in [1.54, 1.807) is 18.3 Å². The van der Waals surface area contributed by atoms with Crippen molar-refractivity contribution in [2.75, 3.05) is 0 Å². The summed E-state index contributed by atoms with van der Waals surface area (Å²) in [5, 5.41) is 9.78. The van der Waals surface area contributed by atoms with Crippen molar-refractivity contribution >= 4 is 0 Å². The maximum Gasteiger partial charge on any atom is 0.159 e. The summed E-state index contributed by atoms with van der Waals surface area (Å²) in [6.07, 6.45) is 0.688. The molecule has 15 heavy (non-hydrogen) atoms. The van der Waals surface area contributed by atoms with Gasteiger partial charge in [0, 0.05) is 11.9 Å². The van der Waals surface area contributed by atoms with Gasteiger partial charge >= 0.3 is 0 Å². The summed E-state index contributed by atoms with van der Waals surface area (Å²) in [7, 11) is 0. The number of aromatic nitrogens is 1. The van der Waals surface area contributed by atoms with E-state index in [1.807, 2.05) is 0 Å². The molecule has 1 aromatic carbocycles. The number of aliphatic hydroxyl groups excluding tert-OH is 1. The molecule has 0 amide bonds. The summed E-state index contributed by atoms with van der Waals surface area (Å²) in [6, 6.07) is 6.73. The molecule has 0 saturated carbocycles. The molecule has 2 nitrogen and oxygen atoms in total. The monoisotopic (exact) mass is 209 g/mol. The van der Waals surface area contributed by atoms with Crippen LogP contribution in [-0.2, 0) is 0 Å². The van der Waals surface area contributed by atoms with Gasteiger partial charge in [-0.2, -0.15) is 0 Å². The topological polar surface area (TPSA) is 36.0 Å². The van der Waals surface area contributed by atoms with Crippen molar-refractivity contribution in [3.8, 4) is 0 Å². The molecule has 4 heteroatoms. The number of nitrogens with one attached hydrogen (secondary N) is 1. The van der Waals surface area contributed by atoms with Gasteiger partial charge in [0.2, 0.25) is 0 Å². The summed E-state index contributed by atoms with van der Waals surface area (Å²) in [5.41, 5.74) is 0.859. The minimum atomic E-state index is -0.963. The van der Waals surface area contributed by atoms with Crippen LogP contribution in [0.3, 0.4) is 0 Å². The van der Waals surface area contributed by atoms with Gasteiger partial charge < -0.3 is 10.1 Å². The molecule has 1 unspecified atom stereocenters. The lowest BCUT2D eigenvalue weighted by molar-refractivity contribution is 0.215. The normalized spacial score (nSPS) is 12.7. The molecule has 1 aromatic heterocycles. The van der Waals surface area contributed by atoms with Gasteiger partial charge in [-0.25, -0.2) is 8.78 Å². The Hall–Kier alpha value is -1.68. The summed E-state index contributed by atoms with van der Waals surface area (Å²) in [5.74, 6) is -1.88. The van der Waals surface area contributed by atoms with Crippen LogP contribution >= 0.6 is 0 Å². The predicted octanol–water partition coefficient (Wildman–Crippen LogP) is 2.37. The Morgan fingerprint density at radius 3 is 2.53 bits per heavy atom. The first-order chi connectivity index (χ1) is 7.18. The van der Waals surface area contributed by atoms with E-state index in [-0.39, 0.29) is 0 Å². The average Bonchev–Trinajstić information content (AvgIpc) is 2.74. The van der Waals surface area contributed by atoms with Crippen molar-refractivity contribution in [2.45, 2.75) is 6.10 Å². The van der Waals surface area contributed by atoms with Gasteiger partial charge in [0.15, 0.2) is 11.6 Å². The van der Waals surface area contributed by atoms with Crippen molar-refractivity contribution in [1.82, 2.24) is 4.98 Å². The minimum Gasteiger partial charge on any atom is -0.382 e. The van der Waals surface area contributed by atoms with E-state index < -0.39 is 17.7 Å². The lowest BCUT2D eigenvalue weighted by atomic mass is 10.1. The van der Waals surface area contributed by atoms with Crippen LogP contribution in [0.25, 0.3) is 0 Å². The molecule has 0 spiro atoms. The van der Waals surface area contributed by atoms with Gasteiger partial charge in [-0.3, -0.25) is 0 Å². The molecule has 0 saturated heterocycles. The number of hydrogen-bond acceptors (Lipinski definition) is 1. The first-order valence-electron chi connectivity index (χ1n) is 4.45. The van der Waals surface area contributed by atoms with Crippen LogP contribution in [0.15, 0.2) is 36.5 Å². The van der Waals surface area contributed by atoms with E-state index in [0.717, 1.165) is 12.1 Å². The third-order valence-electron chi connectivity index (χ3n) is 2.18. The van der Waals surface area contributed by atoms with Crippen molar-refractivity contribution in [2.24, 2.45) is 0 Å². The molecule has 0 fully saturated rings. The van der Waals surface area contributed by atoms with Gasteiger partial charge in [-0.15, -0.1) is 0 Å². The zero-order chi connectivity index (χ0) is 10.8. The number of aromatic amines is 1. The third kappa shape index (κ3) is 1.89. The van der Waals surface area contributed by atoms with Crippen LogP contribution in [0.5, 0.6) is 0 Å². The largest absolute Gasteiger partial charge is 0.382 e. The Bertz CT molecular complexity index is 454. The first kappa shape index (κ1) is 9.86. The first-order valence-corrected chi connectivity index (χ1v) is 4.45. The molecule has 1 atom stereocenters. The highest BCUT2D eigenvalue weighted by atomic mass is 19.2. The zero-order valence-electron chi connectivity index (χ0n) is 7.74. The van der Waals surface area contributed by atoms with Gasteiger partial charge in [0.1, 0.15) is 6.10 Å².